The van der Waals surface area contributed by atoms with Crippen LogP contribution in [0.2, 0.25) is 0 Å². The zero-order chi connectivity index (χ0) is 15.8. The van der Waals surface area contributed by atoms with Crippen molar-refractivity contribution < 1.29 is 0 Å². The van der Waals surface area contributed by atoms with E-state index in [1.165, 1.54) is 5.57 Å². The topological polar surface area (TPSA) is 18.8 Å². The highest BCUT2D eigenvalue weighted by Gasteiger charge is 2.32. The first-order valence-electron chi connectivity index (χ1n) is 7.84. The summed E-state index contributed by atoms with van der Waals surface area (Å²) >= 11 is 6.13. The van der Waals surface area contributed by atoms with Crippen LogP contribution in [-0.4, -0.2) is 35.5 Å². The number of likely N-dealkylation sites (N-methyl/N-ethyl adjacent to an activating group) is 1. The SMILES string of the molecule is CC1CC(Cl)=CC=C1C1=NN(CCC(C)(C)C)C(C)N1C. The van der Waals surface area contributed by atoms with Crippen molar-refractivity contribution in [3.05, 3.63) is 22.8 Å². The molecule has 0 bridgehead atoms. The van der Waals surface area contributed by atoms with Gasteiger partial charge < -0.3 is 4.90 Å². The van der Waals surface area contributed by atoms with Gasteiger partial charge in [-0.2, -0.15) is 5.10 Å². The Morgan fingerprint density at radius 2 is 1.95 bits per heavy atom. The van der Waals surface area contributed by atoms with Gasteiger partial charge in [0.25, 0.3) is 0 Å². The summed E-state index contributed by atoms with van der Waals surface area (Å²) in [6.07, 6.45) is 6.51. The number of hydrogen-bond acceptors (Lipinski definition) is 3. The minimum absolute atomic E-state index is 0.317. The molecule has 0 N–H and O–H groups in total. The van der Waals surface area contributed by atoms with Gasteiger partial charge in [0.1, 0.15) is 6.17 Å². The number of hydrazone groups is 1. The van der Waals surface area contributed by atoms with Gasteiger partial charge >= 0.3 is 0 Å². The number of halogens is 1. The molecule has 0 saturated heterocycles. The smallest absolute Gasteiger partial charge is 0.153 e. The monoisotopic (exact) mass is 309 g/mol. The third kappa shape index (κ3) is 3.82. The Morgan fingerprint density at radius 3 is 2.52 bits per heavy atom. The quantitative estimate of drug-likeness (QED) is 0.768. The zero-order valence-corrected chi connectivity index (χ0v) is 14.9. The first-order chi connectivity index (χ1) is 9.69. The van der Waals surface area contributed by atoms with Crippen LogP contribution in [0.15, 0.2) is 27.9 Å². The van der Waals surface area contributed by atoms with Crippen LogP contribution < -0.4 is 0 Å². The molecule has 4 heteroatoms. The Bertz CT molecular complexity index is 485. The van der Waals surface area contributed by atoms with Gasteiger partial charge in [0.15, 0.2) is 5.84 Å². The third-order valence-corrected chi connectivity index (χ3v) is 4.65. The normalized spacial score (nSPS) is 26.7. The predicted molar refractivity (Wildman–Crippen MR) is 91.2 cm³/mol. The summed E-state index contributed by atoms with van der Waals surface area (Å²) in [7, 11) is 2.13. The van der Waals surface area contributed by atoms with E-state index in [2.05, 4.69) is 57.7 Å². The van der Waals surface area contributed by atoms with Crippen LogP contribution in [-0.2, 0) is 0 Å². The lowest BCUT2D eigenvalue weighted by atomic mass is 9.92. The zero-order valence-electron chi connectivity index (χ0n) is 14.2. The first-order valence-corrected chi connectivity index (χ1v) is 8.21. The number of nitrogens with zero attached hydrogens (tertiary/aromatic N) is 3. The molecule has 0 spiro atoms. The van der Waals surface area contributed by atoms with Crippen molar-refractivity contribution in [3.8, 4) is 0 Å². The molecule has 0 saturated carbocycles. The van der Waals surface area contributed by atoms with Crippen LogP contribution in [0.25, 0.3) is 0 Å². The second kappa shape index (κ2) is 6.04. The number of allylic oxidation sites excluding steroid dienone is 3. The predicted octanol–water partition coefficient (Wildman–Crippen LogP) is 4.42. The van der Waals surface area contributed by atoms with E-state index in [1.54, 1.807) is 0 Å². The number of amidine groups is 1. The van der Waals surface area contributed by atoms with Crippen molar-refractivity contribution in [3.63, 3.8) is 0 Å². The summed E-state index contributed by atoms with van der Waals surface area (Å²) in [5.41, 5.74) is 1.64. The van der Waals surface area contributed by atoms with Crippen LogP contribution in [0.3, 0.4) is 0 Å². The molecule has 21 heavy (non-hydrogen) atoms. The fraction of sp³-hybridized carbons (Fsp3) is 0.706. The van der Waals surface area contributed by atoms with E-state index >= 15 is 0 Å². The Hall–Kier alpha value is -0.960. The van der Waals surface area contributed by atoms with E-state index in [-0.39, 0.29) is 0 Å². The third-order valence-electron chi connectivity index (χ3n) is 4.37. The molecule has 0 radical (unpaired) electrons. The molecule has 2 rings (SSSR count). The standard InChI is InChI=1S/C17H28ClN3/c1-12-11-14(18)7-8-15(12)16-19-21(13(2)20(16)6)10-9-17(3,4)5/h7-8,12-13H,9-11H2,1-6H3. The van der Waals surface area contributed by atoms with E-state index < -0.39 is 0 Å². The maximum Gasteiger partial charge on any atom is 0.153 e. The van der Waals surface area contributed by atoms with E-state index in [4.69, 9.17) is 16.7 Å². The summed E-state index contributed by atoms with van der Waals surface area (Å²) in [6, 6.07) is 0. The highest BCUT2D eigenvalue weighted by Crippen LogP contribution is 2.32. The van der Waals surface area contributed by atoms with Crippen LogP contribution in [0.5, 0.6) is 0 Å². The molecule has 0 fully saturated rings. The van der Waals surface area contributed by atoms with Crippen LogP contribution in [0, 0.1) is 11.3 Å². The summed E-state index contributed by atoms with van der Waals surface area (Å²) in [5.74, 6) is 1.53. The second-order valence-corrected chi connectivity index (χ2v) is 7.97. The summed E-state index contributed by atoms with van der Waals surface area (Å²) in [6.45, 7) is 12.3. The van der Waals surface area contributed by atoms with Gasteiger partial charge in [-0.15, -0.1) is 0 Å². The Morgan fingerprint density at radius 1 is 1.29 bits per heavy atom. The van der Waals surface area contributed by atoms with Crippen molar-refractivity contribution in [1.82, 2.24) is 9.91 Å². The Labute approximate surface area is 134 Å². The molecular weight excluding hydrogens is 282 g/mol. The van der Waals surface area contributed by atoms with E-state index in [0.29, 0.717) is 17.5 Å². The summed E-state index contributed by atoms with van der Waals surface area (Å²) < 4.78 is 0. The molecule has 0 aromatic carbocycles. The van der Waals surface area contributed by atoms with Crippen LogP contribution in [0.4, 0.5) is 0 Å². The lowest BCUT2D eigenvalue weighted by molar-refractivity contribution is 0.143. The lowest BCUT2D eigenvalue weighted by Gasteiger charge is -2.29. The molecule has 118 valence electrons. The van der Waals surface area contributed by atoms with Gasteiger partial charge in [0.05, 0.1) is 0 Å². The Kier molecular flexibility index (Phi) is 4.72. The molecule has 1 aliphatic carbocycles. The van der Waals surface area contributed by atoms with Gasteiger partial charge in [0, 0.05) is 18.6 Å². The van der Waals surface area contributed by atoms with E-state index in [9.17, 15) is 0 Å². The average molecular weight is 310 g/mol. The molecule has 1 heterocycles. The number of hydrogen-bond donors (Lipinski definition) is 0. The van der Waals surface area contributed by atoms with Gasteiger partial charge in [0.2, 0.25) is 0 Å². The highest BCUT2D eigenvalue weighted by molar-refractivity contribution is 6.30. The largest absolute Gasteiger partial charge is 0.337 e. The second-order valence-electron chi connectivity index (χ2n) is 7.48. The minimum atomic E-state index is 0.317. The van der Waals surface area contributed by atoms with Crippen LogP contribution >= 0.6 is 11.6 Å². The van der Waals surface area contributed by atoms with E-state index in [1.807, 2.05) is 6.08 Å². The molecule has 0 aromatic heterocycles. The fourth-order valence-electron chi connectivity index (χ4n) is 2.71. The minimum Gasteiger partial charge on any atom is -0.337 e. The molecule has 0 aromatic rings. The molecule has 1 aliphatic heterocycles. The average Bonchev–Trinajstić information content (AvgIpc) is 2.64. The fourth-order valence-corrected chi connectivity index (χ4v) is 3.01. The first kappa shape index (κ1) is 16.4. The molecule has 2 atom stereocenters. The van der Waals surface area contributed by atoms with Gasteiger partial charge in [-0.1, -0.05) is 45.4 Å². The molecule has 2 unspecified atom stereocenters. The van der Waals surface area contributed by atoms with Crippen LogP contribution in [0.1, 0.15) is 47.5 Å². The van der Waals surface area contributed by atoms with Crippen molar-refractivity contribution in [2.75, 3.05) is 13.6 Å². The van der Waals surface area contributed by atoms with Crippen molar-refractivity contribution >= 4 is 17.4 Å². The Balaban J connectivity index is 2.16. The maximum atomic E-state index is 6.13. The van der Waals surface area contributed by atoms with Gasteiger partial charge in [-0.25, -0.2) is 0 Å². The van der Waals surface area contributed by atoms with Crippen molar-refractivity contribution in [1.29, 1.82) is 0 Å². The lowest BCUT2D eigenvalue weighted by Crippen LogP contribution is -2.39. The van der Waals surface area contributed by atoms with Crippen molar-refractivity contribution in [2.45, 2.75) is 53.6 Å². The highest BCUT2D eigenvalue weighted by atomic mass is 35.5. The summed E-state index contributed by atoms with van der Waals surface area (Å²) in [5, 5.41) is 8.04. The van der Waals surface area contributed by atoms with Gasteiger partial charge in [-0.3, -0.25) is 5.01 Å². The molecule has 3 nitrogen and oxygen atoms in total. The molecule has 0 amide bonds. The summed E-state index contributed by atoms with van der Waals surface area (Å²) in [4.78, 5) is 2.28. The molecular formula is C17H28ClN3. The van der Waals surface area contributed by atoms with Gasteiger partial charge in [-0.05, 0) is 42.7 Å². The number of rotatable bonds is 3. The van der Waals surface area contributed by atoms with E-state index in [0.717, 1.165) is 30.3 Å². The molecule has 2 aliphatic rings. The maximum absolute atomic E-state index is 6.13. The van der Waals surface area contributed by atoms with Crippen molar-refractivity contribution in [2.24, 2.45) is 16.4 Å².